The molecular weight excluding hydrogens is 262 g/mol. The van der Waals surface area contributed by atoms with Crippen molar-refractivity contribution in [1.29, 1.82) is 0 Å². The van der Waals surface area contributed by atoms with Crippen molar-refractivity contribution in [3.63, 3.8) is 0 Å². The monoisotopic (exact) mass is 281 g/mol. The molecule has 20 heavy (non-hydrogen) atoms. The predicted octanol–water partition coefficient (Wildman–Crippen LogP) is -0.110. The zero-order valence-corrected chi connectivity index (χ0v) is 11.4. The van der Waals surface area contributed by atoms with Gasteiger partial charge in [0, 0.05) is 30.9 Å². The Morgan fingerprint density at radius 2 is 2.15 bits per heavy atom. The second-order valence-corrected chi connectivity index (χ2v) is 4.19. The first-order valence-electron chi connectivity index (χ1n) is 6.41. The number of anilines is 1. The van der Waals surface area contributed by atoms with Gasteiger partial charge in [-0.15, -0.1) is 0 Å². The summed E-state index contributed by atoms with van der Waals surface area (Å²) in [4.78, 5) is 34.1. The molecule has 0 fully saturated rings. The largest absolute Gasteiger partial charge is 0.466 e. The number of nitrogen functional groups attached to an aromatic ring is 1. The van der Waals surface area contributed by atoms with Crippen LogP contribution in [0.4, 0.5) is 5.69 Å². The molecule has 7 heteroatoms. The van der Waals surface area contributed by atoms with Gasteiger partial charge in [-0.1, -0.05) is 0 Å². The number of hydrogen-bond acceptors (Lipinski definition) is 5. The van der Waals surface area contributed by atoms with Crippen molar-refractivity contribution in [2.45, 2.75) is 26.3 Å². The number of rotatable bonds is 7. The van der Waals surface area contributed by atoms with E-state index in [0.717, 1.165) is 0 Å². The van der Waals surface area contributed by atoms with E-state index in [1.807, 2.05) is 0 Å². The minimum Gasteiger partial charge on any atom is -0.466 e. The molecule has 7 nitrogen and oxygen atoms in total. The molecule has 3 N–H and O–H groups in total. The van der Waals surface area contributed by atoms with E-state index in [2.05, 4.69) is 5.32 Å². The molecule has 1 aromatic heterocycles. The third kappa shape index (κ3) is 5.55. The molecule has 110 valence electrons. The Morgan fingerprint density at radius 1 is 1.40 bits per heavy atom. The first kappa shape index (κ1) is 15.7. The van der Waals surface area contributed by atoms with Crippen molar-refractivity contribution in [2.75, 3.05) is 18.9 Å². The first-order chi connectivity index (χ1) is 9.52. The number of aromatic nitrogens is 1. The molecule has 1 amide bonds. The average Bonchev–Trinajstić information content (AvgIpc) is 2.39. The molecule has 0 bridgehead atoms. The van der Waals surface area contributed by atoms with Crippen molar-refractivity contribution in [3.05, 3.63) is 28.7 Å². The first-order valence-corrected chi connectivity index (χ1v) is 6.41. The fraction of sp³-hybridized carbons (Fsp3) is 0.462. The summed E-state index contributed by atoms with van der Waals surface area (Å²) in [7, 11) is 0. The number of nitrogens with two attached hydrogens (primary N) is 1. The van der Waals surface area contributed by atoms with E-state index in [0.29, 0.717) is 25.3 Å². The molecule has 0 aliphatic rings. The van der Waals surface area contributed by atoms with Crippen molar-refractivity contribution >= 4 is 17.6 Å². The molecule has 0 aliphatic carbocycles. The number of pyridine rings is 1. The summed E-state index contributed by atoms with van der Waals surface area (Å²) in [6.07, 6.45) is 2.17. The quantitative estimate of drug-likeness (QED) is 0.536. The highest BCUT2D eigenvalue weighted by molar-refractivity contribution is 5.75. The van der Waals surface area contributed by atoms with Gasteiger partial charge in [0.25, 0.3) is 5.56 Å². The summed E-state index contributed by atoms with van der Waals surface area (Å²) < 4.78 is 5.99. The molecule has 0 radical (unpaired) electrons. The summed E-state index contributed by atoms with van der Waals surface area (Å²) in [6, 6.07) is 2.79. The number of ether oxygens (including phenoxy) is 1. The van der Waals surface area contributed by atoms with Gasteiger partial charge < -0.3 is 20.4 Å². The second kappa shape index (κ2) is 7.98. The second-order valence-electron chi connectivity index (χ2n) is 4.19. The summed E-state index contributed by atoms with van der Waals surface area (Å²) >= 11 is 0. The van der Waals surface area contributed by atoms with Crippen LogP contribution in [-0.4, -0.2) is 29.6 Å². The van der Waals surface area contributed by atoms with E-state index in [-0.39, 0.29) is 30.4 Å². The van der Waals surface area contributed by atoms with Crippen LogP contribution in [0.15, 0.2) is 23.1 Å². The van der Waals surface area contributed by atoms with Gasteiger partial charge in [-0.3, -0.25) is 14.4 Å². The Labute approximate surface area is 116 Å². The van der Waals surface area contributed by atoms with Crippen molar-refractivity contribution in [3.8, 4) is 0 Å². The number of esters is 1. The molecule has 1 aromatic rings. The molecule has 1 heterocycles. The van der Waals surface area contributed by atoms with Crippen LogP contribution in [0.5, 0.6) is 0 Å². The highest BCUT2D eigenvalue weighted by Crippen LogP contribution is 1.96. The van der Waals surface area contributed by atoms with Crippen LogP contribution in [0.2, 0.25) is 0 Å². The highest BCUT2D eigenvalue weighted by Gasteiger charge is 2.05. The zero-order chi connectivity index (χ0) is 15.0. The van der Waals surface area contributed by atoms with Crippen molar-refractivity contribution in [1.82, 2.24) is 9.88 Å². The fourth-order valence-corrected chi connectivity index (χ4v) is 1.58. The maximum Gasteiger partial charge on any atom is 0.305 e. The minimum atomic E-state index is -0.304. The summed E-state index contributed by atoms with van der Waals surface area (Å²) in [5, 5.41) is 2.63. The van der Waals surface area contributed by atoms with E-state index in [9.17, 15) is 14.4 Å². The van der Waals surface area contributed by atoms with Gasteiger partial charge >= 0.3 is 5.97 Å². The Balaban J connectivity index is 2.32. The van der Waals surface area contributed by atoms with Gasteiger partial charge in [0.2, 0.25) is 5.91 Å². The number of carbonyl (C=O) groups is 2. The topological polar surface area (TPSA) is 103 Å². The number of nitrogens with zero attached hydrogens (tertiary/aromatic N) is 1. The van der Waals surface area contributed by atoms with E-state index >= 15 is 0 Å². The van der Waals surface area contributed by atoms with Gasteiger partial charge in [-0.2, -0.15) is 0 Å². The van der Waals surface area contributed by atoms with Gasteiger partial charge in [0.15, 0.2) is 0 Å². The van der Waals surface area contributed by atoms with Gasteiger partial charge in [-0.05, 0) is 19.4 Å². The Morgan fingerprint density at radius 3 is 2.85 bits per heavy atom. The smallest absolute Gasteiger partial charge is 0.305 e. The van der Waals surface area contributed by atoms with E-state index in [1.165, 1.54) is 22.9 Å². The summed E-state index contributed by atoms with van der Waals surface area (Å²) in [6.45, 7) is 2.35. The highest BCUT2D eigenvalue weighted by atomic mass is 16.5. The number of carbonyl (C=O) groups excluding carboxylic acids is 2. The van der Waals surface area contributed by atoms with Crippen LogP contribution >= 0.6 is 0 Å². The lowest BCUT2D eigenvalue weighted by molar-refractivity contribution is -0.143. The Bertz CT molecular complexity index is 525. The lowest BCUT2D eigenvalue weighted by Gasteiger charge is -2.07. The predicted molar refractivity (Wildman–Crippen MR) is 74.0 cm³/mol. The van der Waals surface area contributed by atoms with Gasteiger partial charge in [-0.25, -0.2) is 0 Å². The SMILES string of the molecule is CCOC(=O)CCCNC(=O)Cn1cc(N)ccc1=O. The molecule has 0 unspecified atom stereocenters. The molecule has 0 aromatic carbocycles. The molecular formula is C13H19N3O4. The van der Waals surface area contributed by atoms with Crippen LogP contribution in [0.25, 0.3) is 0 Å². The van der Waals surface area contributed by atoms with Crippen molar-refractivity contribution in [2.24, 2.45) is 0 Å². The lowest BCUT2D eigenvalue weighted by Crippen LogP contribution is -2.32. The van der Waals surface area contributed by atoms with E-state index in [4.69, 9.17) is 10.5 Å². The number of amides is 1. The van der Waals surface area contributed by atoms with Crippen LogP contribution in [-0.2, 0) is 20.9 Å². The third-order valence-electron chi connectivity index (χ3n) is 2.51. The number of hydrogen-bond donors (Lipinski definition) is 2. The Hall–Kier alpha value is -2.31. The zero-order valence-electron chi connectivity index (χ0n) is 11.4. The summed E-state index contributed by atoms with van der Waals surface area (Å²) in [5.74, 6) is -0.588. The molecule has 1 rings (SSSR count). The van der Waals surface area contributed by atoms with E-state index in [1.54, 1.807) is 6.92 Å². The molecule has 0 saturated carbocycles. The average molecular weight is 281 g/mol. The molecule has 0 atom stereocenters. The van der Waals surface area contributed by atoms with Crippen LogP contribution in [0.3, 0.4) is 0 Å². The van der Waals surface area contributed by atoms with Crippen LogP contribution < -0.4 is 16.6 Å². The molecule has 0 spiro atoms. The molecule has 0 aliphatic heterocycles. The lowest BCUT2D eigenvalue weighted by atomic mass is 10.3. The maximum atomic E-state index is 11.6. The van der Waals surface area contributed by atoms with E-state index < -0.39 is 0 Å². The molecule has 0 saturated heterocycles. The maximum absolute atomic E-state index is 11.6. The number of nitrogens with one attached hydrogen (secondary N) is 1. The van der Waals surface area contributed by atoms with Gasteiger partial charge in [0.1, 0.15) is 6.54 Å². The van der Waals surface area contributed by atoms with Crippen LogP contribution in [0.1, 0.15) is 19.8 Å². The fourth-order valence-electron chi connectivity index (χ4n) is 1.58. The van der Waals surface area contributed by atoms with Crippen LogP contribution in [0, 0.1) is 0 Å². The normalized spacial score (nSPS) is 10.1. The minimum absolute atomic E-state index is 0.0940. The summed E-state index contributed by atoms with van der Waals surface area (Å²) in [5.41, 5.74) is 5.67. The van der Waals surface area contributed by atoms with Gasteiger partial charge in [0.05, 0.1) is 6.61 Å². The third-order valence-corrected chi connectivity index (χ3v) is 2.51. The van der Waals surface area contributed by atoms with Crippen molar-refractivity contribution < 1.29 is 14.3 Å². The Kier molecular flexibility index (Phi) is 6.28. The standard InChI is InChI=1S/C13H19N3O4/c1-2-20-13(19)4-3-7-15-11(17)9-16-8-10(14)5-6-12(16)18/h5-6,8H,2-4,7,9,14H2,1H3,(H,15,17).